The van der Waals surface area contributed by atoms with Crippen LogP contribution >= 0.6 is 0 Å². The number of ketones is 1. The highest BCUT2D eigenvalue weighted by atomic mass is 28.3. The van der Waals surface area contributed by atoms with Gasteiger partial charge in [0.1, 0.15) is 13.9 Å². The molecule has 2 saturated carbocycles. The van der Waals surface area contributed by atoms with Gasteiger partial charge in [0.05, 0.1) is 0 Å². The molecule has 2 aliphatic rings. The van der Waals surface area contributed by atoms with Crippen molar-refractivity contribution in [2.24, 2.45) is 11.3 Å². The third-order valence-electron chi connectivity index (χ3n) is 7.43. The van der Waals surface area contributed by atoms with Crippen LogP contribution in [-0.2, 0) is 4.79 Å². The topological polar surface area (TPSA) is 17.1 Å². The maximum Gasteiger partial charge on any atom is 0.139 e. The van der Waals surface area contributed by atoms with E-state index in [9.17, 15) is 4.79 Å². The molecule has 2 aromatic rings. The lowest BCUT2D eigenvalue weighted by Crippen LogP contribution is -2.64. The van der Waals surface area contributed by atoms with Crippen molar-refractivity contribution in [3.8, 4) is 0 Å². The molecule has 0 N–H and O–H groups in total. The van der Waals surface area contributed by atoms with Crippen molar-refractivity contribution >= 4 is 24.2 Å². The van der Waals surface area contributed by atoms with Gasteiger partial charge in [0, 0.05) is 11.8 Å². The van der Waals surface area contributed by atoms with E-state index in [0.29, 0.717) is 11.7 Å². The Balaban J connectivity index is 1.81. The summed E-state index contributed by atoms with van der Waals surface area (Å²) >= 11 is 0. The van der Waals surface area contributed by atoms with Gasteiger partial charge in [0.15, 0.2) is 0 Å². The van der Waals surface area contributed by atoms with Crippen molar-refractivity contribution in [2.75, 3.05) is 0 Å². The van der Waals surface area contributed by atoms with Crippen molar-refractivity contribution in [3.05, 3.63) is 60.7 Å². The normalized spacial score (nSPS) is 25.6. The summed E-state index contributed by atoms with van der Waals surface area (Å²) in [6.45, 7) is 7.28. The summed E-state index contributed by atoms with van der Waals surface area (Å²) in [7, 11) is -2.04. The average Bonchev–Trinajstić information content (AvgIpc) is 3.36. The van der Waals surface area contributed by atoms with Gasteiger partial charge in [-0.25, -0.2) is 0 Å². The quantitative estimate of drug-likeness (QED) is 0.670. The molecule has 0 radical (unpaired) electrons. The van der Waals surface area contributed by atoms with E-state index in [-0.39, 0.29) is 10.5 Å². The Kier molecular flexibility index (Phi) is 4.66. The second-order valence-corrected chi connectivity index (χ2v) is 14.7. The van der Waals surface area contributed by atoms with Crippen molar-refractivity contribution in [3.63, 3.8) is 0 Å². The molecule has 142 valence electrons. The summed E-state index contributed by atoms with van der Waals surface area (Å²) in [6.07, 6.45) is 5.43. The minimum Gasteiger partial charge on any atom is -0.299 e. The molecule has 0 amide bonds. The second kappa shape index (κ2) is 6.74. The summed E-state index contributed by atoms with van der Waals surface area (Å²) in [5.41, 5.74) is 0.0330. The van der Waals surface area contributed by atoms with Crippen LogP contribution in [0.15, 0.2) is 60.7 Å². The molecule has 2 fully saturated rings. The molecule has 1 nitrogen and oxygen atoms in total. The van der Waals surface area contributed by atoms with Crippen LogP contribution in [0, 0.1) is 11.3 Å². The zero-order chi connectivity index (χ0) is 19.1. The van der Waals surface area contributed by atoms with Crippen LogP contribution in [0.1, 0.15) is 52.9 Å². The molecule has 1 spiro atoms. The van der Waals surface area contributed by atoms with Gasteiger partial charge in [-0.3, -0.25) is 4.79 Å². The fourth-order valence-electron chi connectivity index (χ4n) is 5.80. The van der Waals surface area contributed by atoms with Gasteiger partial charge in [-0.15, -0.1) is 0 Å². The lowest BCUT2D eigenvalue weighted by atomic mass is 9.83. The molecule has 2 aromatic carbocycles. The summed E-state index contributed by atoms with van der Waals surface area (Å²) in [5, 5.41) is 3.24. The molecule has 4 rings (SSSR count). The van der Waals surface area contributed by atoms with Gasteiger partial charge in [-0.05, 0) is 36.3 Å². The van der Waals surface area contributed by atoms with Crippen LogP contribution in [0.4, 0.5) is 0 Å². The van der Waals surface area contributed by atoms with Crippen LogP contribution in [0.5, 0.6) is 0 Å². The summed E-state index contributed by atoms with van der Waals surface area (Å²) in [6, 6.07) is 23.6. The Labute approximate surface area is 165 Å². The lowest BCUT2D eigenvalue weighted by molar-refractivity contribution is -0.126. The Hall–Kier alpha value is -1.67. The fourth-order valence-corrected chi connectivity index (χ4v) is 11.7. The molecular weight excluding hydrogens is 344 g/mol. The van der Waals surface area contributed by atoms with Crippen LogP contribution < -0.4 is 10.4 Å². The van der Waals surface area contributed by atoms with E-state index in [4.69, 9.17) is 0 Å². The number of rotatable bonds is 4. The van der Waals surface area contributed by atoms with Gasteiger partial charge in [0.25, 0.3) is 0 Å². The van der Waals surface area contributed by atoms with Crippen molar-refractivity contribution < 1.29 is 4.79 Å². The van der Waals surface area contributed by atoms with E-state index >= 15 is 0 Å². The van der Waals surface area contributed by atoms with Crippen LogP contribution in [0.3, 0.4) is 0 Å². The predicted octanol–water partition coefficient (Wildman–Crippen LogP) is 5.20. The number of carbonyl (C=O) groups is 1. The zero-order valence-electron chi connectivity index (χ0n) is 17.0. The van der Waals surface area contributed by atoms with E-state index in [1.807, 2.05) is 0 Å². The molecular formula is C25H32OSi. The Morgan fingerprint density at radius 2 is 1.48 bits per heavy atom. The SMILES string of the molecule is CC(C)(C)[Si](C[C@H]1C[C@@]12CCCCC2=O)(c1ccccc1)c1ccccc1. The molecule has 0 unspecified atom stereocenters. The molecule has 0 aromatic heterocycles. The standard InChI is InChI=1S/C25H32OSi/c1-24(2,3)27(21-12-6-4-7-13-21,22-14-8-5-9-15-22)19-20-18-25(20)17-11-10-16-23(25)26/h4-9,12-15,20H,10-11,16-19H2,1-3H3/t20-,25+/m1/s1. The first-order valence-electron chi connectivity index (χ1n) is 10.5. The fraction of sp³-hybridized carbons (Fsp3) is 0.480. The maximum atomic E-state index is 12.8. The van der Waals surface area contributed by atoms with E-state index in [1.165, 1.54) is 22.8 Å². The number of hydrogen-bond acceptors (Lipinski definition) is 1. The highest BCUT2D eigenvalue weighted by molar-refractivity contribution is 7.04. The van der Waals surface area contributed by atoms with Gasteiger partial charge >= 0.3 is 0 Å². The highest BCUT2D eigenvalue weighted by Gasteiger charge is 2.63. The minimum atomic E-state index is -2.04. The van der Waals surface area contributed by atoms with Crippen molar-refractivity contribution in [2.45, 2.75) is 64.0 Å². The number of carbonyl (C=O) groups excluding carboxylic acids is 1. The maximum absolute atomic E-state index is 12.8. The third kappa shape index (κ3) is 3.02. The van der Waals surface area contributed by atoms with E-state index in [0.717, 1.165) is 25.7 Å². The van der Waals surface area contributed by atoms with E-state index in [2.05, 4.69) is 81.4 Å². The molecule has 0 aliphatic heterocycles. The molecule has 27 heavy (non-hydrogen) atoms. The van der Waals surface area contributed by atoms with Gasteiger partial charge in [0.2, 0.25) is 0 Å². The molecule has 0 bridgehead atoms. The second-order valence-electron chi connectivity index (χ2n) is 9.78. The summed E-state index contributed by atoms with van der Waals surface area (Å²) in [4.78, 5) is 12.8. The first-order valence-corrected chi connectivity index (χ1v) is 12.8. The monoisotopic (exact) mass is 376 g/mol. The molecule has 2 heteroatoms. The zero-order valence-corrected chi connectivity index (χ0v) is 18.0. The average molecular weight is 377 g/mol. The van der Waals surface area contributed by atoms with Crippen LogP contribution in [-0.4, -0.2) is 13.9 Å². The number of hydrogen-bond donors (Lipinski definition) is 0. The van der Waals surface area contributed by atoms with Gasteiger partial charge in [-0.2, -0.15) is 0 Å². The minimum absolute atomic E-state index is 0.0330. The molecule has 0 saturated heterocycles. The summed E-state index contributed by atoms with van der Waals surface area (Å²) in [5.74, 6) is 1.15. The number of benzene rings is 2. The van der Waals surface area contributed by atoms with Gasteiger partial charge < -0.3 is 0 Å². The van der Waals surface area contributed by atoms with Crippen LogP contribution in [0.2, 0.25) is 11.1 Å². The molecule has 2 aliphatic carbocycles. The lowest BCUT2D eigenvalue weighted by Gasteiger charge is -2.45. The molecule has 0 heterocycles. The Morgan fingerprint density at radius 3 is 1.96 bits per heavy atom. The van der Waals surface area contributed by atoms with Gasteiger partial charge in [-0.1, -0.05) is 98.2 Å². The van der Waals surface area contributed by atoms with E-state index < -0.39 is 8.07 Å². The van der Waals surface area contributed by atoms with E-state index in [1.54, 1.807) is 0 Å². The van der Waals surface area contributed by atoms with Crippen LogP contribution in [0.25, 0.3) is 0 Å². The largest absolute Gasteiger partial charge is 0.299 e. The first-order chi connectivity index (χ1) is 12.9. The smallest absolute Gasteiger partial charge is 0.139 e. The Morgan fingerprint density at radius 1 is 0.926 bits per heavy atom. The third-order valence-corrected chi connectivity index (χ3v) is 13.7. The summed E-state index contributed by atoms with van der Waals surface area (Å²) < 4.78 is 0. The molecule has 2 atom stereocenters. The highest BCUT2D eigenvalue weighted by Crippen LogP contribution is 2.63. The Bertz CT molecular complexity index is 766. The number of Topliss-reactive ketones (excluding diaryl/α,β-unsaturated/α-hetero) is 1. The predicted molar refractivity (Wildman–Crippen MR) is 116 cm³/mol. The van der Waals surface area contributed by atoms with Crippen molar-refractivity contribution in [1.82, 2.24) is 0 Å². The first kappa shape index (κ1) is 18.7. The van der Waals surface area contributed by atoms with Crippen molar-refractivity contribution in [1.29, 1.82) is 0 Å².